The van der Waals surface area contributed by atoms with Crippen LogP contribution in [0.3, 0.4) is 0 Å². The highest BCUT2D eigenvalue weighted by Crippen LogP contribution is 2.30. The maximum absolute atomic E-state index is 5.78. The molecule has 0 aliphatic heterocycles. The van der Waals surface area contributed by atoms with Crippen molar-refractivity contribution in [1.82, 2.24) is 4.90 Å². The molecule has 1 aromatic carbocycles. The summed E-state index contributed by atoms with van der Waals surface area (Å²) in [6.07, 6.45) is 2.72. The number of hydrogen-bond acceptors (Lipinski definition) is 2. The highest BCUT2D eigenvalue weighted by molar-refractivity contribution is 5.85. The molecule has 1 aliphatic rings. The fourth-order valence-corrected chi connectivity index (χ4v) is 2.04. The van der Waals surface area contributed by atoms with Gasteiger partial charge in [-0.25, -0.2) is 0 Å². The molecule has 0 bridgehead atoms. The molecule has 1 saturated carbocycles. The van der Waals surface area contributed by atoms with Crippen molar-refractivity contribution in [3.05, 3.63) is 29.8 Å². The molecule has 1 aliphatic carbocycles. The second kappa shape index (κ2) is 5.55. The molecule has 0 saturated heterocycles. The molecular formula is C13H21ClN2. The summed E-state index contributed by atoms with van der Waals surface area (Å²) in [5, 5.41) is 0. The molecule has 0 unspecified atom stereocenters. The van der Waals surface area contributed by atoms with Crippen LogP contribution in [0.15, 0.2) is 24.3 Å². The number of hydrogen-bond donors (Lipinski definition) is 1. The molecule has 90 valence electrons. The monoisotopic (exact) mass is 240 g/mol. The number of nitrogens with two attached hydrogens (primary N) is 1. The molecule has 0 atom stereocenters. The van der Waals surface area contributed by atoms with Crippen LogP contribution >= 0.6 is 12.4 Å². The number of rotatable bonds is 4. The first-order valence-corrected chi connectivity index (χ1v) is 5.77. The first-order chi connectivity index (χ1) is 7.16. The van der Waals surface area contributed by atoms with Gasteiger partial charge < -0.3 is 5.73 Å². The number of anilines is 1. The molecule has 0 amide bonds. The number of halogens is 1. The van der Waals surface area contributed by atoms with Gasteiger partial charge in [0.1, 0.15) is 0 Å². The topological polar surface area (TPSA) is 29.3 Å². The Kier molecular flexibility index (Phi) is 4.63. The van der Waals surface area contributed by atoms with E-state index in [1.165, 1.54) is 18.4 Å². The largest absolute Gasteiger partial charge is 0.399 e. The van der Waals surface area contributed by atoms with E-state index in [4.69, 9.17) is 5.73 Å². The Morgan fingerprint density at radius 3 is 2.56 bits per heavy atom. The van der Waals surface area contributed by atoms with Gasteiger partial charge in [-0.1, -0.05) is 12.1 Å². The Morgan fingerprint density at radius 1 is 1.38 bits per heavy atom. The van der Waals surface area contributed by atoms with E-state index < -0.39 is 0 Å². The van der Waals surface area contributed by atoms with Crippen molar-refractivity contribution in [3.63, 3.8) is 0 Å². The normalized spacial score (nSPS) is 15.2. The summed E-state index contributed by atoms with van der Waals surface area (Å²) < 4.78 is 0. The van der Waals surface area contributed by atoms with Gasteiger partial charge in [-0.05, 0) is 44.4 Å². The smallest absolute Gasteiger partial charge is 0.0317 e. The van der Waals surface area contributed by atoms with Crippen LogP contribution in [0.25, 0.3) is 0 Å². The Bertz CT molecular complexity index is 332. The van der Waals surface area contributed by atoms with E-state index >= 15 is 0 Å². The zero-order valence-corrected chi connectivity index (χ0v) is 10.8. The molecule has 3 heteroatoms. The molecule has 1 aromatic rings. The van der Waals surface area contributed by atoms with Gasteiger partial charge in [-0.15, -0.1) is 12.4 Å². The Morgan fingerprint density at radius 2 is 2.06 bits per heavy atom. The summed E-state index contributed by atoms with van der Waals surface area (Å²) in [7, 11) is 0. The first kappa shape index (κ1) is 13.3. The number of nitrogen functional groups attached to an aromatic ring is 1. The van der Waals surface area contributed by atoms with Crippen LogP contribution in [0.1, 0.15) is 32.3 Å². The van der Waals surface area contributed by atoms with Crippen molar-refractivity contribution in [1.29, 1.82) is 0 Å². The lowest BCUT2D eigenvalue weighted by atomic mass is 10.1. The summed E-state index contributed by atoms with van der Waals surface area (Å²) in [4.78, 5) is 2.56. The molecule has 0 heterocycles. The zero-order chi connectivity index (χ0) is 10.8. The second-order valence-electron chi connectivity index (χ2n) is 4.74. The lowest BCUT2D eigenvalue weighted by Gasteiger charge is -2.26. The lowest BCUT2D eigenvalue weighted by Crippen LogP contribution is -2.32. The molecule has 16 heavy (non-hydrogen) atoms. The van der Waals surface area contributed by atoms with Crippen LogP contribution < -0.4 is 5.73 Å². The summed E-state index contributed by atoms with van der Waals surface area (Å²) >= 11 is 0. The Labute approximate surface area is 104 Å². The molecule has 2 N–H and O–H groups in total. The quantitative estimate of drug-likeness (QED) is 0.820. The van der Waals surface area contributed by atoms with Gasteiger partial charge in [0.2, 0.25) is 0 Å². The predicted octanol–water partition coefficient (Wildman–Crippen LogP) is 3.06. The van der Waals surface area contributed by atoms with Crippen molar-refractivity contribution in [3.8, 4) is 0 Å². The van der Waals surface area contributed by atoms with E-state index in [9.17, 15) is 0 Å². The maximum Gasteiger partial charge on any atom is 0.0317 e. The van der Waals surface area contributed by atoms with E-state index in [0.717, 1.165) is 18.3 Å². The number of nitrogens with zero attached hydrogens (tertiary/aromatic N) is 1. The molecule has 2 rings (SSSR count). The van der Waals surface area contributed by atoms with Crippen LogP contribution in [-0.2, 0) is 6.54 Å². The molecular weight excluding hydrogens is 220 g/mol. The lowest BCUT2D eigenvalue weighted by molar-refractivity contribution is 0.202. The minimum Gasteiger partial charge on any atom is -0.399 e. The highest BCUT2D eigenvalue weighted by Gasteiger charge is 2.30. The average Bonchev–Trinajstić information content (AvgIpc) is 2.97. The van der Waals surface area contributed by atoms with E-state index in [2.05, 4.69) is 30.9 Å². The van der Waals surface area contributed by atoms with Crippen molar-refractivity contribution in [2.75, 3.05) is 5.73 Å². The van der Waals surface area contributed by atoms with E-state index in [-0.39, 0.29) is 12.4 Å². The maximum atomic E-state index is 5.78. The van der Waals surface area contributed by atoms with Crippen molar-refractivity contribution in [2.45, 2.75) is 45.3 Å². The highest BCUT2D eigenvalue weighted by atomic mass is 35.5. The third kappa shape index (κ3) is 3.39. The first-order valence-electron chi connectivity index (χ1n) is 5.77. The van der Waals surface area contributed by atoms with Gasteiger partial charge in [-0.3, -0.25) is 4.90 Å². The molecule has 0 radical (unpaired) electrons. The van der Waals surface area contributed by atoms with Gasteiger partial charge in [0.15, 0.2) is 0 Å². The summed E-state index contributed by atoms with van der Waals surface area (Å²) in [5.74, 6) is 0. The average molecular weight is 241 g/mol. The van der Waals surface area contributed by atoms with Gasteiger partial charge in [0, 0.05) is 24.3 Å². The van der Waals surface area contributed by atoms with E-state index in [1.54, 1.807) is 0 Å². The predicted molar refractivity (Wildman–Crippen MR) is 71.8 cm³/mol. The van der Waals surface area contributed by atoms with Crippen LogP contribution in [0.2, 0.25) is 0 Å². The molecule has 2 nitrogen and oxygen atoms in total. The fourth-order valence-electron chi connectivity index (χ4n) is 2.04. The van der Waals surface area contributed by atoms with Crippen molar-refractivity contribution < 1.29 is 0 Å². The summed E-state index contributed by atoms with van der Waals surface area (Å²) in [6, 6.07) is 9.66. The fraction of sp³-hybridized carbons (Fsp3) is 0.538. The van der Waals surface area contributed by atoms with E-state index in [0.29, 0.717) is 6.04 Å². The van der Waals surface area contributed by atoms with Crippen LogP contribution in [0, 0.1) is 0 Å². The van der Waals surface area contributed by atoms with Crippen LogP contribution in [0.5, 0.6) is 0 Å². The van der Waals surface area contributed by atoms with Gasteiger partial charge in [0.05, 0.1) is 0 Å². The van der Waals surface area contributed by atoms with E-state index in [1.807, 2.05) is 12.1 Å². The Hall–Kier alpha value is -0.730. The Balaban J connectivity index is 0.00000128. The molecule has 0 spiro atoms. The second-order valence-corrected chi connectivity index (χ2v) is 4.74. The van der Waals surface area contributed by atoms with Gasteiger partial charge in [0.25, 0.3) is 0 Å². The van der Waals surface area contributed by atoms with Gasteiger partial charge >= 0.3 is 0 Å². The minimum atomic E-state index is 0. The van der Waals surface area contributed by atoms with Gasteiger partial charge in [-0.2, -0.15) is 0 Å². The zero-order valence-electron chi connectivity index (χ0n) is 10.0. The third-order valence-electron chi connectivity index (χ3n) is 3.00. The summed E-state index contributed by atoms with van der Waals surface area (Å²) in [5.41, 5.74) is 7.98. The minimum absolute atomic E-state index is 0. The van der Waals surface area contributed by atoms with Crippen molar-refractivity contribution >= 4 is 18.1 Å². The molecule has 0 aromatic heterocycles. The molecule has 1 fully saturated rings. The third-order valence-corrected chi connectivity index (χ3v) is 3.00. The number of benzene rings is 1. The SMILES string of the molecule is CC(C)N(Cc1cccc(N)c1)C1CC1.Cl. The standard InChI is InChI=1S/C13H20N2.ClH/c1-10(2)15(13-6-7-13)9-11-4-3-5-12(14)8-11;/h3-5,8,10,13H,6-7,9,14H2,1-2H3;1H. The van der Waals surface area contributed by atoms with Crippen LogP contribution in [0.4, 0.5) is 5.69 Å². The van der Waals surface area contributed by atoms with Crippen LogP contribution in [-0.4, -0.2) is 17.0 Å². The van der Waals surface area contributed by atoms with Crippen molar-refractivity contribution in [2.24, 2.45) is 0 Å². The summed E-state index contributed by atoms with van der Waals surface area (Å²) in [6.45, 7) is 5.57.